The SMILES string of the molecule is CN(C(=O)c1ccc(N)c([N+](=O)[O-])c1)C1CCC1. The summed E-state index contributed by atoms with van der Waals surface area (Å²) in [4.78, 5) is 24.0. The number of hydrogen-bond donors (Lipinski definition) is 1. The van der Waals surface area contributed by atoms with E-state index in [2.05, 4.69) is 0 Å². The summed E-state index contributed by atoms with van der Waals surface area (Å²) >= 11 is 0. The van der Waals surface area contributed by atoms with Crippen LogP contribution in [0.5, 0.6) is 0 Å². The van der Waals surface area contributed by atoms with E-state index >= 15 is 0 Å². The van der Waals surface area contributed by atoms with E-state index in [1.807, 2.05) is 0 Å². The average Bonchev–Trinajstić information content (AvgIpc) is 2.26. The number of nitrogens with two attached hydrogens (primary N) is 1. The van der Waals surface area contributed by atoms with Crippen LogP contribution in [0.25, 0.3) is 0 Å². The standard InChI is InChI=1S/C12H15N3O3/c1-14(9-3-2-4-9)12(16)8-5-6-10(13)11(7-8)15(17)18/h5-7,9H,2-4,13H2,1H3. The Bertz CT molecular complexity index is 497. The van der Waals surface area contributed by atoms with E-state index in [1.165, 1.54) is 18.2 Å². The van der Waals surface area contributed by atoms with Gasteiger partial charge in [-0.05, 0) is 31.4 Å². The number of rotatable bonds is 3. The summed E-state index contributed by atoms with van der Waals surface area (Å²) < 4.78 is 0. The summed E-state index contributed by atoms with van der Waals surface area (Å²) in [5.41, 5.74) is 5.66. The summed E-state index contributed by atoms with van der Waals surface area (Å²) in [7, 11) is 1.73. The van der Waals surface area contributed by atoms with Gasteiger partial charge >= 0.3 is 0 Å². The Kier molecular flexibility index (Phi) is 3.18. The van der Waals surface area contributed by atoms with E-state index in [1.54, 1.807) is 11.9 Å². The third-order valence-corrected chi connectivity index (χ3v) is 3.42. The number of carbonyl (C=O) groups is 1. The third kappa shape index (κ3) is 2.13. The van der Waals surface area contributed by atoms with Crippen LogP contribution in [0.2, 0.25) is 0 Å². The van der Waals surface area contributed by atoms with E-state index in [4.69, 9.17) is 5.73 Å². The molecule has 0 aromatic heterocycles. The minimum atomic E-state index is -0.574. The highest BCUT2D eigenvalue weighted by Gasteiger charge is 2.27. The van der Waals surface area contributed by atoms with Crippen molar-refractivity contribution in [2.24, 2.45) is 0 Å². The first-order chi connectivity index (χ1) is 8.50. The molecule has 0 radical (unpaired) electrons. The molecule has 1 aliphatic carbocycles. The number of nitro benzene ring substituents is 1. The molecule has 6 heteroatoms. The molecular formula is C12H15N3O3. The molecule has 1 aromatic carbocycles. The maximum atomic E-state index is 12.1. The lowest BCUT2D eigenvalue weighted by Crippen LogP contribution is -2.41. The largest absolute Gasteiger partial charge is 0.393 e. The first-order valence-electron chi connectivity index (χ1n) is 5.82. The van der Waals surface area contributed by atoms with Crippen molar-refractivity contribution in [2.45, 2.75) is 25.3 Å². The predicted molar refractivity (Wildman–Crippen MR) is 67.2 cm³/mol. The fourth-order valence-electron chi connectivity index (χ4n) is 1.98. The summed E-state index contributed by atoms with van der Waals surface area (Å²) in [6.45, 7) is 0. The van der Waals surface area contributed by atoms with Gasteiger partial charge in [0, 0.05) is 24.7 Å². The Morgan fingerprint density at radius 3 is 2.67 bits per heavy atom. The van der Waals surface area contributed by atoms with Crippen LogP contribution in [-0.2, 0) is 0 Å². The van der Waals surface area contributed by atoms with Crippen molar-refractivity contribution in [1.82, 2.24) is 4.90 Å². The highest BCUT2D eigenvalue weighted by molar-refractivity contribution is 5.95. The van der Waals surface area contributed by atoms with Crippen LogP contribution in [0, 0.1) is 10.1 Å². The van der Waals surface area contributed by atoms with Gasteiger partial charge in [0.05, 0.1) is 4.92 Å². The minimum absolute atomic E-state index is 0.0721. The predicted octanol–water partition coefficient (Wildman–Crippen LogP) is 1.80. The summed E-state index contributed by atoms with van der Waals surface area (Å²) in [6, 6.07) is 4.43. The highest BCUT2D eigenvalue weighted by Crippen LogP contribution is 2.27. The molecular weight excluding hydrogens is 234 g/mol. The van der Waals surface area contributed by atoms with Crippen molar-refractivity contribution in [3.05, 3.63) is 33.9 Å². The van der Waals surface area contributed by atoms with E-state index in [0.717, 1.165) is 19.3 Å². The monoisotopic (exact) mass is 249 g/mol. The van der Waals surface area contributed by atoms with Gasteiger partial charge in [0.2, 0.25) is 0 Å². The van der Waals surface area contributed by atoms with Crippen LogP contribution in [0.15, 0.2) is 18.2 Å². The Hall–Kier alpha value is -2.11. The van der Waals surface area contributed by atoms with Gasteiger partial charge in [-0.25, -0.2) is 0 Å². The second kappa shape index (κ2) is 4.64. The Labute approximate surface area is 105 Å². The molecule has 1 aliphatic rings. The first-order valence-corrected chi connectivity index (χ1v) is 5.82. The van der Waals surface area contributed by atoms with Crippen molar-refractivity contribution >= 4 is 17.3 Å². The lowest BCUT2D eigenvalue weighted by Gasteiger charge is -2.34. The Balaban J connectivity index is 2.24. The number of nitro groups is 1. The number of benzene rings is 1. The van der Waals surface area contributed by atoms with E-state index in [-0.39, 0.29) is 23.3 Å². The fraction of sp³-hybridized carbons (Fsp3) is 0.417. The molecule has 1 amide bonds. The van der Waals surface area contributed by atoms with Crippen molar-refractivity contribution in [2.75, 3.05) is 12.8 Å². The van der Waals surface area contributed by atoms with Crippen molar-refractivity contribution < 1.29 is 9.72 Å². The minimum Gasteiger partial charge on any atom is -0.393 e. The molecule has 1 fully saturated rings. The molecule has 0 aliphatic heterocycles. The summed E-state index contributed by atoms with van der Waals surface area (Å²) in [6.07, 6.45) is 3.13. The number of amides is 1. The van der Waals surface area contributed by atoms with Crippen molar-refractivity contribution in [3.63, 3.8) is 0 Å². The van der Waals surface area contributed by atoms with Crippen LogP contribution in [-0.4, -0.2) is 28.8 Å². The summed E-state index contributed by atoms with van der Waals surface area (Å²) in [5, 5.41) is 10.8. The quantitative estimate of drug-likeness (QED) is 0.502. The second-order valence-corrected chi connectivity index (χ2v) is 4.53. The van der Waals surface area contributed by atoms with Crippen LogP contribution < -0.4 is 5.73 Å². The molecule has 0 saturated heterocycles. The zero-order chi connectivity index (χ0) is 13.3. The Morgan fingerprint density at radius 1 is 1.50 bits per heavy atom. The highest BCUT2D eigenvalue weighted by atomic mass is 16.6. The van der Waals surface area contributed by atoms with E-state index in [0.29, 0.717) is 5.56 Å². The molecule has 1 aromatic rings. The number of anilines is 1. The molecule has 2 rings (SSSR count). The molecule has 96 valence electrons. The molecule has 0 heterocycles. The average molecular weight is 249 g/mol. The van der Waals surface area contributed by atoms with Crippen LogP contribution in [0.4, 0.5) is 11.4 Å². The zero-order valence-corrected chi connectivity index (χ0v) is 10.1. The first kappa shape index (κ1) is 12.3. The maximum absolute atomic E-state index is 12.1. The van der Waals surface area contributed by atoms with Crippen LogP contribution in [0.1, 0.15) is 29.6 Å². The third-order valence-electron chi connectivity index (χ3n) is 3.42. The zero-order valence-electron chi connectivity index (χ0n) is 10.1. The van der Waals surface area contributed by atoms with E-state index < -0.39 is 4.92 Å². The van der Waals surface area contributed by atoms with Crippen molar-refractivity contribution in [1.29, 1.82) is 0 Å². The van der Waals surface area contributed by atoms with Gasteiger partial charge < -0.3 is 10.6 Å². The fourth-order valence-corrected chi connectivity index (χ4v) is 1.98. The second-order valence-electron chi connectivity index (χ2n) is 4.53. The molecule has 1 saturated carbocycles. The van der Waals surface area contributed by atoms with Gasteiger partial charge in [-0.1, -0.05) is 0 Å². The van der Waals surface area contributed by atoms with Gasteiger partial charge in [0.1, 0.15) is 5.69 Å². The lowest BCUT2D eigenvalue weighted by molar-refractivity contribution is -0.383. The number of nitrogens with zero attached hydrogens (tertiary/aromatic N) is 2. The molecule has 6 nitrogen and oxygen atoms in total. The molecule has 18 heavy (non-hydrogen) atoms. The molecule has 2 N–H and O–H groups in total. The number of nitrogen functional groups attached to an aromatic ring is 1. The van der Waals surface area contributed by atoms with Gasteiger partial charge in [-0.15, -0.1) is 0 Å². The smallest absolute Gasteiger partial charge is 0.292 e. The lowest BCUT2D eigenvalue weighted by atomic mass is 9.91. The topological polar surface area (TPSA) is 89.5 Å². The normalized spacial score (nSPS) is 14.9. The number of hydrogen-bond acceptors (Lipinski definition) is 4. The van der Waals surface area contributed by atoms with Gasteiger partial charge in [0.25, 0.3) is 11.6 Å². The molecule has 0 bridgehead atoms. The number of carbonyl (C=O) groups excluding carboxylic acids is 1. The van der Waals surface area contributed by atoms with Gasteiger partial charge in [-0.2, -0.15) is 0 Å². The summed E-state index contributed by atoms with van der Waals surface area (Å²) in [5.74, 6) is -0.192. The molecule has 0 spiro atoms. The Morgan fingerprint density at radius 2 is 2.17 bits per heavy atom. The van der Waals surface area contributed by atoms with E-state index in [9.17, 15) is 14.9 Å². The van der Waals surface area contributed by atoms with Crippen LogP contribution >= 0.6 is 0 Å². The molecule has 0 atom stereocenters. The van der Waals surface area contributed by atoms with Gasteiger partial charge in [0.15, 0.2) is 0 Å². The maximum Gasteiger partial charge on any atom is 0.292 e. The van der Waals surface area contributed by atoms with Crippen LogP contribution in [0.3, 0.4) is 0 Å². The van der Waals surface area contributed by atoms with Crippen molar-refractivity contribution in [3.8, 4) is 0 Å². The van der Waals surface area contributed by atoms with Gasteiger partial charge in [-0.3, -0.25) is 14.9 Å². The molecule has 0 unspecified atom stereocenters.